The van der Waals surface area contributed by atoms with Crippen molar-refractivity contribution in [2.75, 3.05) is 7.11 Å². The van der Waals surface area contributed by atoms with Gasteiger partial charge in [-0.05, 0) is 34.4 Å². The second-order valence-corrected chi connectivity index (χ2v) is 4.64. The van der Waals surface area contributed by atoms with Gasteiger partial charge in [0.1, 0.15) is 5.75 Å². The maximum atomic E-state index is 5.37. The van der Waals surface area contributed by atoms with E-state index in [1.807, 2.05) is 18.2 Å². The molecule has 3 aromatic rings. The molecule has 106 valence electrons. The predicted octanol–water partition coefficient (Wildman–Crippen LogP) is 5.14. The summed E-state index contributed by atoms with van der Waals surface area (Å²) in [6.45, 7) is 0. The highest BCUT2D eigenvalue weighted by molar-refractivity contribution is 7.59. The van der Waals surface area contributed by atoms with Crippen LogP contribution in [0, 0.1) is 0 Å². The molecule has 0 aliphatic carbocycles. The highest BCUT2D eigenvalue weighted by Crippen LogP contribution is 2.34. The van der Waals surface area contributed by atoms with Gasteiger partial charge in [-0.2, -0.15) is 13.5 Å². The molecule has 0 saturated heterocycles. The molecule has 0 fully saturated rings. The molecule has 1 nitrogen and oxygen atoms in total. The number of methoxy groups -OCH3 is 1. The van der Waals surface area contributed by atoms with Crippen LogP contribution >= 0.6 is 13.5 Å². The van der Waals surface area contributed by atoms with E-state index in [0.29, 0.717) is 0 Å². The Morgan fingerprint density at radius 1 is 0.619 bits per heavy atom. The third-order valence-corrected chi connectivity index (χ3v) is 3.40. The van der Waals surface area contributed by atoms with Crippen LogP contribution in [0.4, 0.5) is 0 Å². The minimum atomic E-state index is 0. The molecule has 0 aliphatic rings. The van der Waals surface area contributed by atoms with Crippen molar-refractivity contribution in [1.29, 1.82) is 0 Å². The van der Waals surface area contributed by atoms with Crippen LogP contribution < -0.4 is 4.74 Å². The lowest BCUT2D eigenvalue weighted by Gasteiger charge is -2.12. The van der Waals surface area contributed by atoms with Crippen molar-refractivity contribution < 1.29 is 4.74 Å². The Labute approximate surface area is 132 Å². The van der Waals surface area contributed by atoms with Crippen LogP contribution in [0.1, 0.15) is 0 Å². The van der Waals surface area contributed by atoms with Crippen molar-refractivity contribution in [2.45, 2.75) is 0 Å². The van der Waals surface area contributed by atoms with Crippen LogP contribution in [0.2, 0.25) is 0 Å². The highest BCUT2D eigenvalue weighted by Gasteiger charge is 2.08. The van der Waals surface area contributed by atoms with E-state index in [2.05, 4.69) is 60.7 Å². The van der Waals surface area contributed by atoms with E-state index < -0.39 is 0 Å². The fourth-order valence-corrected chi connectivity index (χ4v) is 2.38. The predicted molar refractivity (Wildman–Crippen MR) is 94.2 cm³/mol. The average molecular weight is 294 g/mol. The number of benzene rings is 3. The number of rotatable bonds is 3. The molecular weight excluding hydrogens is 276 g/mol. The first-order valence-corrected chi connectivity index (χ1v) is 6.67. The first-order valence-electron chi connectivity index (χ1n) is 6.67. The van der Waals surface area contributed by atoms with Crippen LogP contribution in [0.5, 0.6) is 5.75 Å². The summed E-state index contributed by atoms with van der Waals surface area (Å²) in [5.74, 6) is 0.878. The summed E-state index contributed by atoms with van der Waals surface area (Å²) in [6, 6.07) is 27.1. The van der Waals surface area contributed by atoms with Crippen molar-refractivity contribution in [1.82, 2.24) is 0 Å². The Morgan fingerprint density at radius 2 is 1.14 bits per heavy atom. The molecule has 0 saturated carbocycles. The normalized spacial score (nSPS) is 9.76. The van der Waals surface area contributed by atoms with E-state index in [1.165, 1.54) is 22.3 Å². The van der Waals surface area contributed by atoms with Crippen LogP contribution in [0.3, 0.4) is 0 Å². The number of hydrogen-bond acceptors (Lipinski definition) is 1. The smallest absolute Gasteiger partial charge is 0.119 e. The fraction of sp³-hybridized carbons (Fsp3) is 0.0526. The summed E-state index contributed by atoms with van der Waals surface area (Å²) in [4.78, 5) is 0. The zero-order valence-corrected chi connectivity index (χ0v) is 12.9. The Bertz CT molecular complexity index is 693. The summed E-state index contributed by atoms with van der Waals surface area (Å²) in [6.07, 6.45) is 0. The Kier molecular flexibility index (Phi) is 5.07. The molecule has 2 heteroatoms. The van der Waals surface area contributed by atoms with Crippen LogP contribution in [0.15, 0.2) is 78.9 Å². The minimum absolute atomic E-state index is 0. The van der Waals surface area contributed by atoms with Crippen molar-refractivity contribution in [3.8, 4) is 28.0 Å². The van der Waals surface area contributed by atoms with Crippen LogP contribution in [0.25, 0.3) is 22.3 Å². The largest absolute Gasteiger partial charge is 0.497 e. The summed E-state index contributed by atoms with van der Waals surface area (Å²) < 4.78 is 5.37. The Balaban J connectivity index is 0.00000161. The second kappa shape index (κ2) is 7.00. The lowest BCUT2D eigenvalue weighted by Crippen LogP contribution is -1.88. The van der Waals surface area contributed by atoms with E-state index >= 15 is 0 Å². The average Bonchev–Trinajstić information content (AvgIpc) is 2.56. The molecule has 0 unspecified atom stereocenters. The van der Waals surface area contributed by atoms with Crippen LogP contribution in [-0.4, -0.2) is 7.11 Å². The number of hydrogen-bond donors (Lipinski definition) is 0. The monoisotopic (exact) mass is 294 g/mol. The first-order chi connectivity index (χ1) is 9.88. The third kappa shape index (κ3) is 3.29. The van der Waals surface area contributed by atoms with Gasteiger partial charge in [-0.1, -0.05) is 66.7 Å². The lowest BCUT2D eigenvalue weighted by atomic mass is 9.94. The molecule has 0 amide bonds. The summed E-state index contributed by atoms with van der Waals surface area (Å²) in [5, 5.41) is 0. The molecule has 0 atom stereocenters. The maximum Gasteiger partial charge on any atom is 0.119 e. The summed E-state index contributed by atoms with van der Waals surface area (Å²) in [5.41, 5.74) is 4.83. The lowest BCUT2D eigenvalue weighted by molar-refractivity contribution is 0.415. The molecule has 21 heavy (non-hydrogen) atoms. The highest BCUT2D eigenvalue weighted by atomic mass is 32.1. The van der Waals surface area contributed by atoms with Gasteiger partial charge in [0.15, 0.2) is 0 Å². The second-order valence-electron chi connectivity index (χ2n) is 4.64. The van der Waals surface area contributed by atoms with Gasteiger partial charge in [-0.25, -0.2) is 0 Å². The topological polar surface area (TPSA) is 9.23 Å². The van der Waals surface area contributed by atoms with Gasteiger partial charge in [0.2, 0.25) is 0 Å². The van der Waals surface area contributed by atoms with E-state index in [1.54, 1.807) is 7.11 Å². The quantitative estimate of drug-likeness (QED) is 0.649. The van der Waals surface area contributed by atoms with Crippen LogP contribution in [-0.2, 0) is 0 Å². The maximum absolute atomic E-state index is 5.37. The van der Waals surface area contributed by atoms with Crippen molar-refractivity contribution in [3.05, 3.63) is 78.9 Å². The molecular formula is C19H18OS. The summed E-state index contributed by atoms with van der Waals surface area (Å²) >= 11 is 0. The molecule has 0 spiro atoms. The van der Waals surface area contributed by atoms with Gasteiger partial charge in [-0.15, -0.1) is 0 Å². The zero-order chi connectivity index (χ0) is 13.8. The summed E-state index contributed by atoms with van der Waals surface area (Å²) in [7, 11) is 1.70. The van der Waals surface area contributed by atoms with Gasteiger partial charge >= 0.3 is 0 Å². The molecule has 0 aliphatic heterocycles. The van der Waals surface area contributed by atoms with E-state index in [9.17, 15) is 0 Å². The van der Waals surface area contributed by atoms with Gasteiger partial charge in [0.05, 0.1) is 7.11 Å². The molecule has 0 heterocycles. The van der Waals surface area contributed by atoms with Crippen molar-refractivity contribution in [3.63, 3.8) is 0 Å². The molecule has 3 rings (SSSR count). The van der Waals surface area contributed by atoms with E-state index in [4.69, 9.17) is 4.74 Å². The van der Waals surface area contributed by atoms with E-state index in [-0.39, 0.29) is 13.5 Å². The third-order valence-electron chi connectivity index (χ3n) is 3.40. The molecule has 0 radical (unpaired) electrons. The van der Waals surface area contributed by atoms with Gasteiger partial charge in [0, 0.05) is 0 Å². The van der Waals surface area contributed by atoms with Gasteiger partial charge in [0.25, 0.3) is 0 Å². The van der Waals surface area contributed by atoms with Crippen molar-refractivity contribution >= 4 is 13.5 Å². The molecule has 3 aromatic carbocycles. The standard InChI is InChI=1S/C19H16O.H2S/c1-20-17-12-13-18(15-8-4-2-5-9-15)19(14-17)16-10-6-3-7-11-16;/h2-14H,1H3;1H2. The molecule has 0 bridgehead atoms. The minimum Gasteiger partial charge on any atom is -0.497 e. The zero-order valence-electron chi connectivity index (χ0n) is 11.9. The number of ether oxygens (including phenoxy) is 1. The SMILES string of the molecule is COc1ccc(-c2ccccc2)c(-c2ccccc2)c1.S. The molecule has 0 N–H and O–H groups in total. The van der Waals surface area contributed by atoms with Crippen molar-refractivity contribution in [2.24, 2.45) is 0 Å². The van der Waals surface area contributed by atoms with Gasteiger partial charge in [-0.3, -0.25) is 0 Å². The van der Waals surface area contributed by atoms with Gasteiger partial charge < -0.3 is 4.74 Å². The molecule has 0 aromatic heterocycles. The Hall–Kier alpha value is -2.19. The Morgan fingerprint density at radius 3 is 1.67 bits per heavy atom. The first kappa shape index (κ1) is 15.2. The van der Waals surface area contributed by atoms with E-state index in [0.717, 1.165) is 5.75 Å². The fourth-order valence-electron chi connectivity index (χ4n) is 2.38.